The van der Waals surface area contributed by atoms with E-state index >= 15 is 0 Å². The first-order valence-electron chi connectivity index (χ1n) is 6.39. The maximum atomic E-state index is 11.8. The van der Waals surface area contributed by atoms with Crippen molar-refractivity contribution in [2.75, 3.05) is 10.9 Å². The molecule has 0 spiro atoms. The molecule has 0 aliphatic rings. The van der Waals surface area contributed by atoms with Crippen molar-refractivity contribution in [3.8, 4) is 0 Å². The number of anilines is 2. The number of carbonyl (C=O) groups excluding carboxylic acids is 2. The molecule has 4 N–H and O–H groups in total. The molecule has 24 heavy (non-hydrogen) atoms. The van der Waals surface area contributed by atoms with Crippen molar-refractivity contribution in [3.63, 3.8) is 0 Å². The fraction of sp³-hybridized carbons (Fsp3) is 0. The van der Waals surface area contributed by atoms with E-state index in [1.165, 1.54) is 0 Å². The summed E-state index contributed by atoms with van der Waals surface area (Å²) in [5, 5.41) is 0. The predicted molar refractivity (Wildman–Crippen MR) is 107 cm³/mol. The summed E-state index contributed by atoms with van der Waals surface area (Å²) in [5.74, 6) is -1.69. The molecule has 6 nitrogen and oxygen atoms in total. The Balaban J connectivity index is 1.89. The highest BCUT2D eigenvalue weighted by Gasteiger charge is 2.14. The van der Waals surface area contributed by atoms with Crippen molar-refractivity contribution in [1.29, 1.82) is 0 Å². The Hall–Kier alpha value is -1.10. The Kier molecular flexibility index (Phi) is 7.08. The van der Waals surface area contributed by atoms with E-state index in [4.69, 9.17) is 0 Å². The number of amides is 2. The quantitative estimate of drug-likeness (QED) is 0.318. The lowest BCUT2D eigenvalue weighted by Crippen LogP contribution is -2.44. The van der Waals surface area contributed by atoms with Gasteiger partial charge in [-0.2, -0.15) is 0 Å². The highest BCUT2D eigenvalue weighted by molar-refractivity contribution is 9.11. The zero-order valence-electron chi connectivity index (χ0n) is 11.8. The van der Waals surface area contributed by atoms with Gasteiger partial charge in [0.1, 0.15) is 0 Å². The van der Waals surface area contributed by atoms with Crippen molar-refractivity contribution in [3.05, 3.63) is 54.3 Å². The van der Waals surface area contributed by atoms with Gasteiger partial charge in [0, 0.05) is 17.9 Å². The van der Waals surface area contributed by atoms with Gasteiger partial charge in [-0.25, -0.2) is 0 Å². The first-order valence-corrected chi connectivity index (χ1v) is 9.56. The lowest BCUT2D eigenvalue weighted by Gasteiger charge is -2.12. The Morgan fingerprint density at radius 1 is 0.667 bits per heavy atom. The molecule has 10 heteroatoms. The van der Waals surface area contributed by atoms with Gasteiger partial charge in [0.25, 0.3) is 0 Å². The maximum Gasteiger partial charge on any atom is 0.329 e. The average molecular weight is 586 g/mol. The van der Waals surface area contributed by atoms with E-state index in [9.17, 15) is 9.59 Å². The monoisotopic (exact) mass is 582 g/mol. The Morgan fingerprint density at radius 2 is 1.04 bits per heavy atom. The van der Waals surface area contributed by atoms with Gasteiger partial charge in [0.15, 0.2) is 0 Å². The number of nitrogens with one attached hydrogen (secondary N) is 4. The van der Waals surface area contributed by atoms with Crippen LogP contribution in [0, 0.1) is 0 Å². The summed E-state index contributed by atoms with van der Waals surface area (Å²) < 4.78 is 3.13. The summed E-state index contributed by atoms with van der Waals surface area (Å²) in [6, 6.07) is 10.8. The molecule has 0 aliphatic carbocycles. The highest BCUT2D eigenvalue weighted by Crippen LogP contribution is 2.26. The minimum Gasteiger partial charge on any atom is -0.297 e. The van der Waals surface area contributed by atoms with Crippen LogP contribution in [-0.2, 0) is 9.59 Å². The number of carbonyl (C=O) groups is 2. The first-order chi connectivity index (χ1) is 11.4. The second-order valence-corrected chi connectivity index (χ2v) is 7.95. The van der Waals surface area contributed by atoms with Crippen molar-refractivity contribution in [1.82, 2.24) is 10.9 Å². The zero-order valence-corrected chi connectivity index (χ0v) is 18.1. The molecule has 0 atom stereocenters. The topological polar surface area (TPSA) is 82.3 Å². The van der Waals surface area contributed by atoms with Gasteiger partial charge in [-0.3, -0.25) is 31.3 Å². The largest absolute Gasteiger partial charge is 0.329 e. The normalized spacial score (nSPS) is 10.0. The van der Waals surface area contributed by atoms with Crippen molar-refractivity contribution in [2.24, 2.45) is 0 Å². The van der Waals surface area contributed by atoms with E-state index in [0.29, 0.717) is 11.4 Å². The van der Waals surface area contributed by atoms with E-state index < -0.39 is 11.8 Å². The lowest BCUT2D eigenvalue weighted by molar-refractivity contribution is -0.138. The van der Waals surface area contributed by atoms with E-state index in [1.807, 2.05) is 12.1 Å². The van der Waals surface area contributed by atoms with Gasteiger partial charge in [-0.05, 0) is 68.3 Å². The lowest BCUT2D eigenvalue weighted by atomic mass is 10.3. The number of benzene rings is 2. The Labute approximate surface area is 171 Å². The number of halogens is 4. The summed E-state index contributed by atoms with van der Waals surface area (Å²) >= 11 is 13.3. The number of hydrazine groups is 2. The number of rotatable bonds is 4. The van der Waals surface area contributed by atoms with E-state index in [-0.39, 0.29) is 0 Å². The molecule has 0 bridgehead atoms. The number of hydrogen-bond acceptors (Lipinski definition) is 4. The molecule has 0 saturated heterocycles. The van der Waals surface area contributed by atoms with Crippen LogP contribution in [0.2, 0.25) is 0 Å². The van der Waals surface area contributed by atoms with Gasteiger partial charge in [0.2, 0.25) is 0 Å². The zero-order chi connectivity index (χ0) is 17.7. The predicted octanol–water partition coefficient (Wildman–Crippen LogP) is 4.32. The van der Waals surface area contributed by atoms with Crippen LogP contribution >= 0.6 is 63.7 Å². The van der Waals surface area contributed by atoms with Crippen molar-refractivity contribution < 1.29 is 9.59 Å². The van der Waals surface area contributed by atoms with E-state index in [1.54, 1.807) is 24.3 Å². The standard InChI is InChI=1S/C14H10Br4N4O2/c15-7-1-3-9(17)11(5-7)19-21-13(23)14(24)22-20-12-6-8(16)2-4-10(12)18/h1-6,19-20H,(H,21,23)(H,22,24). The molecule has 2 aromatic carbocycles. The number of hydrogen-bond donors (Lipinski definition) is 4. The van der Waals surface area contributed by atoms with Crippen LogP contribution in [0.3, 0.4) is 0 Å². The maximum absolute atomic E-state index is 11.8. The molecule has 0 heterocycles. The van der Waals surface area contributed by atoms with Crippen LogP contribution in [0.4, 0.5) is 11.4 Å². The molecule has 0 unspecified atom stereocenters. The third-order valence-corrected chi connectivity index (χ3v) is 5.05. The molecule has 0 fully saturated rings. The SMILES string of the molecule is O=C(NNc1cc(Br)ccc1Br)C(=O)NNc1cc(Br)ccc1Br. The third kappa shape index (κ3) is 5.47. The second-order valence-electron chi connectivity index (χ2n) is 4.41. The molecule has 2 rings (SSSR count). The van der Waals surface area contributed by atoms with Gasteiger partial charge in [-0.1, -0.05) is 31.9 Å². The van der Waals surface area contributed by atoms with Crippen LogP contribution < -0.4 is 21.7 Å². The Bertz CT molecular complexity index is 720. The molecule has 0 saturated carbocycles. The molecular formula is C14H10Br4N4O2. The fourth-order valence-electron chi connectivity index (χ4n) is 1.55. The first kappa shape index (κ1) is 19.2. The van der Waals surface area contributed by atoms with Crippen molar-refractivity contribution >= 4 is 86.9 Å². The third-order valence-electron chi connectivity index (χ3n) is 2.68. The highest BCUT2D eigenvalue weighted by atomic mass is 79.9. The van der Waals surface area contributed by atoms with E-state index in [2.05, 4.69) is 85.4 Å². The molecule has 2 amide bonds. The summed E-state index contributed by atoms with van der Waals surface area (Å²) in [4.78, 5) is 23.6. The van der Waals surface area contributed by atoms with E-state index in [0.717, 1.165) is 17.9 Å². The van der Waals surface area contributed by atoms with Crippen molar-refractivity contribution in [2.45, 2.75) is 0 Å². The second kappa shape index (κ2) is 8.84. The van der Waals surface area contributed by atoms with Crippen LogP contribution in [0.25, 0.3) is 0 Å². The summed E-state index contributed by atoms with van der Waals surface area (Å²) in [7, 11) is 0. The van der Waals surface area contributed by atoms with Crippen LogP contribution in [0.15, 0.2) is 54.3 Å². The minimum atomic E-state index is -0.847. The Morgan fingerprint density at radius 3 is 1.42 bits per heavy atom. The van der Waals surface area contributed by atoms with Gasteiger partial charge in [-0.15, -0.1) is 0 Å². The summed E-state index contributed by atoms with van der Waals surface area (Å²) in [6.07, 6.45) is 0. The molecule has 2 aromatic rings. The average Bonchev–Trinajstić information content (AvgIpc) is 2.55. The van der Waals surface area contributed by atoms with Gasteiger partial charge >= 0.3 is 11.8 Å². The molecule has 0 aliphatic heterocycles. The molecule has 126 valence electrons. The van der Waals surface area contributed by atoms with Gasteiger partial charge < -0.3 is 0 Å². The van der Waals surface area contributed by atoms with Gasteiger partial charge in [0.05, 0.1) is 11.4 Å². The smallest absolute Gasteiger partial charge is 0.297 e. The molecule has 0 aromatic heterocycles. The minimum absolute atomic E-state index is 0.605. The molecular weight excluding hydrogens is 576 g/mol. The summed E-state index contributed by atoms with van der Waals surface area (Å²) in [5.41, 5.74) is 11.2. The van der Waals surface area contributed by atoms with Crippen LogP contribution in [-0.4, -0.2) is 11.8 Å². The van der Waals surface area contributed by atoms with Crippen LogP contribution in [0.1, 0.15) is 0 Å². The molecule has 0 radical (unpaired) electrons. The summed E-state index contributed by atoms with van der Waals surface area (Å²) in [6.45, 7) is 0. The fourth-order valence-corrected chi connectivity index (χ4v) is 2.96. The van der Waals surface area contributed by atoms with Crippen LogP contribution in [0.5, 0.6) is 0 Å².